The molecule has 0 fully saturated rings. The zero-order chi connectivity index (χ0) is 20.5. The van der Waals surface area contributed by atoms with E-state index in [2.05, 4.69) is 0 Å². The van der Waals surface area contributed by atoms with Crippen molar-refractivity contribution in [2.24, 2.45) is 0 Å². The van der Waals surface area contributed by atoms with Gasteiger partial charge in [-0.3, -0.25) is 4.79 Å². The first-order valence-corrected chi connectivity index (χ1v) is 9.55. The maximum absolute atomic E-state index is 10.5. The van der Waals surface area contributed by atoms with Crippen molar-refractivity contribution in [3.63, 3.8) is 0 Å². The van der Waals surface area contributed by atoms with Crippen LogP contribution in [0.3, 0.4) is 0 Å². The Kier molecular flexibility index (Phi) is 23.5. The molecule has 0 rings (SSSR count). The van der Waals surface area contributed by atoms with Crippen molar-refractivity contribution in [2.75, 3.05) is 106 Å². The minimum Gasteiger partial charge on any atom is -0.463 e. The number of esters is 1. The Morgan fingerprint density at radius 3 is 1.00 bits per heavy atom. The van der Waals surface area contributed by atoms with Crippen LogP contribution in [0, 0.1) is 0 Å². The molecule has 0 aromatic heterocycles. The maximum atomic E-state index is 10.5. The number of carbonyl (C=O) groups is 1. The normalized spacial score (nSPS) is 11.1. The van der Waals surface area contributed by atoms with E-state index in [0.29, 0.717) is 92.5 Å². The summed E-state index contributed by atoms with van der Waals surface area (Å²) in [5.74, 6) is -0.309. The fourth-order valence-corrected chi connectivity index (χ4v) is 1.73. The molecule has 0 aromatic rings. The predicted octanol–water partition coefficient (Wildman–Crippen LogP) is -0.342. The van der Waals surface area contributed by atoms with E-state index < -0.39 is 0 Å². The van der Waals surface area contributed by atoms with Crippen molar-refractivity contribution in [1.82, 2.24) is 0 Å². The molecular formula is C18H36O10. The van der Waals surface area contributed by atoms with Crippen LogP contribution >= 0.6 is 0 Å². The second-order valence-corrected chi connectivity index (χ2v) is 5.35. The molecule has 0 atom stereocenters. The number of carbonyl (C=O) groups excluding carboxylic acids is 1. The number of aliphatic hydroxyl groups excluding tert-OH is 1. The first-order valence-electron chi connectivity index (χ1n) is 9.55. The molecule has 0 aliphatic rings. The summed E-state index contributed by atoms with van der Waals surface area (Å²) in [6, 6.07) is 0. The highest BCUT2D eigenvalue weighted by molar-refractivity contribution is 5.65. The van der Waals surface area contributed by atoms with Gasteiger partial charge in [0, 0.05) is 6.92 Å². The summed E-state index contributed by atoms with van der Waals surface area (Å²) in [5.41, 5.74) is 0. The minimum absolute atomic E-state index is 0.0264. The molecule has 0 radical (unpaired) electrons. The summed E-state index contributed by atoms with van der Waals surface area (Å²) in [6.45, 7) is 8.24. The second kappa shape index (κ2) is 24.2. The number of hydrogen-bond donors (Lipinski definition) is 1. The van der Waals surface area contributed by atoms with Crippen molar-refractivity contribution in [1.29, 1.82) is 0 Å². The van der Waals surface area contributed by atoms with Crippen LogP contribution in [0.5, 0.6) is 0 Å². The molecule has 0 spiro atoms. The van der Waals surface area contributed by atoms with E-state index >= 15 is 0 Å². The standard InChI is InChI=1S/C18H36O10/c1-18(20)28-17-16-27-15-14-26-13-12-25-11-10-24-9-8-23-7-6-22-5-4-21-3-2-19/h19H,2-17H2,1H3. The number of rotatable bonds is 23. The molecule has 10 heteroatoms. The average molecular weight is 412 g/mol. The fourth-order valence-electron chi connectivity index (χ4n) is 1.73. The Balaban J connectivity index is 2.99. The molecule has 0 heterocycles. The van der Waals surface area contributed by atoms with Crippen LogP contribution in [-0.2, 0) is 42.7 Å². The van der Waals surface area contributed by atoms with Gasteiger partial charge in [-0.25, -0.2) is 0 Å². The first-order chi connectivity index (χ1) is 13.8. The third kappa shape index (κ3) is 25.1. The summed E-state index contributed by atoms with van der Waals surface area (Å²) in [4.78, 5) is 10.5. The summed E-state index contributed by atoms with van der Waals surface area (Å²) in [7, 11) is 0. The summed E-state index contributed by atoms with van der Waals surface area (Å²) >= 11 is 0. The van der Waals surface area contributed by atoms with E-state index in [0.717, 1.165) is 0 Å². The van der Waals surface area contributed by atoms with Gasteiger partial charge in [0.25, 0.3) is 0 Å². The van der Waals surface area contributed by atoms with Crippen molar-refractivity contribution < 1.29 is 47.8 Å². The van der Waals surface area contributed by atoms with Gasteiger partial charge in [0.1, 0.15) is 6.61 Å². The van der Waals surface area contributed by atoms with E-state index in [-0.39, 0.29) is 19.2 Å². The van der Waals surface area contributed by atoms with E-state index in [4.69, 9.17) is 43.0 Å². The topological polar surface area (TPSA) is 111 Å². The minimum atomic E-state index is -0.309. The van der Waals surface area contributed by atoms with Crippen LogP contribution in [0.15, 0.2) is 0 Å². The second-order valence-electron chi connectivity index (χ2n) is 5.35. The molecule has 0 aliphatic carbocycles. The Labute approximate surface area is 167 Å². The van der Waals surface area contributed by atoms with Crippen LogP contribution in [0.2, 0.25) is 0 Å². The lowest BCUT2D eigenvalue weighted by Crippen LogP contribution is -2.15. The highest BCUT2D eigenvalue weighted by Gasteiger charge is 1.95. The zero-order valence-electron chi connectivity index (χ0n) is 16.9. The molecular weight excluding hydrogens is 376 g/mol. The third-order valence-electron chi connectivity index (χ3n) is 3.00. The van der Waals surface area contributed by atoms with Crippen LogP contribution in [0.4, 0.5) is 0 Å². The van der Waals surface area contributed by atoms with Crippen LogP contribution in [0.1, 0.15) is 6.92 Å². The largest absolute Gasteiger partial charge is 0.463 e. The lowest BCUT2D eigenvalue weighted by Gasteiger charge is -2.08. The average Bonchev–Trinajstić information content (AvgIpc) is 2.68. The molecule has 10 nitrogen and oxygen atoms in total. The van der Waals surface area contributed by atoms with E-state index in [1.165, 1.54) is 6.92 Å². The van der Waals surface area contributed by atoms with Gasteiger partial charge in [0.05, 0.1) is 99.1 Å². The molecule has 0 saturated carbocycles. The molecule has 0 aliphatic heterocycles. The van der Waals surface area contributed by atoms with E-state index in [1.807, 2.05) is 0 Å². The summed E-state index contributed by atoms with van der Waals surface area (Å²) in [5, 5.41) is 8.52. The Morgan fingerprint density at radius 2 is 0.750 bits per heavy atom. The highest BCUT2D eigenvalue weighted by Crippen LogP contribution is 1.85. The van der Waals surface area contributed by atoms with Gasteiger partial charge in [-0.05, 0) is 0 Å². The third-order valence-corrected chi connectivity index (χ3v) is 3.00. The van der Waals surface area contributed by atoms with Gasteiger partial charge < -0.3 is 43.0 Å². The fraction of sp³-hybridized carbons (Fsp3) is 0.944. The van der Waals surface area contributed by atoms with Crippen molar-refractivity contribution in [3.8, 4) is 0 Å². The lowest BCUT2D eigenvalue weighted by molar-refractivity contribution is -0.142. The maximum Gasteiger partial charge on any atom is 0.302 e. The van der Waals surface area contributed by atoms with Gasteiger partial charge in [-0.2, -0.15) is 0 Å². The van der Waals surface area contributed by atoms with E-state index in [1.54, 1.807) is 0 Å². The van der Waals surface area contributed by atoms with E-state index in [9.17, 15) is 4.79 Å². The predicted molar refractivity (Wildman–Crippen MR) is 99.5 cm³/mol. The van der Waals surface area contributed by atoms with Crippen LogP contribution in [-0.4, -0.2) is 117 Å². The number of ether oxygens (including phenoxy) is 8. The Bertz CT molecular complexity index is 317. The zero-order valence-corrected chi connectivity index (χ0v) is 16.9. The molecule has 0 aromatic carbocycles. The molecule has 0 saturated heterocycles. The Morgan fingerprint density at radius 1 is 0.500 bits per heavy atom. The smallest absolute Gasteiger partial charge is 0.302 e. The van der Waals surface area contributed by atoms with Gasteiger partial charge >= 0.3 is 5.97 Å². The highest BCUT2D eigenvalue weighted by atomic mass is 16.6. The SMILES string of the molecule is CC(=O)OCCOCCOCCOCCOCCOCCOCCOCCO. The van der Waals surface area contributed by atoms with Crippen molar-refractivity contribution in [2.45, 2.75) is 6.92 Å². The number of aliphatic hydroxyl groups is 1. The van der Waals surface area contributed by atoms with Gasteiger partial charge in [0.15, 0.2) is 0 Å². The first kappa shape index (κ1) is 27.1. The number of hydrogen-bond acceptors (Lipinski definition) is 10. The van der Waals surface area contributed by atoms with Crippen LogP contribution in [0.25, 0.3) is 0 Å². The lowest BCUT2D eigenvalue weighted by atomic mass is 10.6. The van der Waals surface area contributed by atoms with Crippen molar-refractivity contribution in [3.05, 3.63) is 0 Å². The quantitative estimate of drug-likeness (QED) is 0.177. The molecule has 0 bridgehead atoms. The summed E-state index contributed by atoms with van der Waals surface area (Å²) < 4.78 is 41.7. The Hall–Kier alpha value is -0.850. The summed E-state index contributed by atoms with van der Waals surface area (Å²) in [6.07, 6.45) is 0. The molecule has 0 amide bonds. The molecule has 168 valence electrons. The monoisotopic (exact) mass is 412 g/mol. The van der Waals surface area contributed by atoms with Gasteiger partial charge in [-0.15, -0.1) is 0 Å². The molecule has 28 heavy (non-hydrogen) atoms. The van der Waals surface area contributed by atoms with Gasteiger partial charge in [0.2, 0.25) is 0 Å². The van der Waals surface area contributed by atoms with Crippen LogP contribution < -0.4 is 0 Å². The molecule has 1 N–H and O–H groups in total. The van der Waals surface area contributed by atoms with Gasteiger partial charge in [-0.1, -0.05) is 0 Å². The molecule has 0 unspecified atom stereocenters. The van der Waals surface area contributed by atoms with Crippen molar-refractivity contribution >= 4 is 5.97 Å².